The van der Waals surface area contributed by atoms with Crippen molar-refractivity contribution in [3.63, 3.8) is 0 Å². The van der Waals surface area contributed by atoms with Gasteiger partial charge in [0.05, 0.1) is 24.5 Å². The second-order valence-corrected chi connectivity index (χ2v) is 7.71. The lowest BCUT2D eigenvalue weighted by atomic mass is 10.2. The van der Waals surface area contributed by atoms with Crippen molar-refractivity contribution >= 4 is 23.3 Å². The number of morpholine rings is 1. The van der Waals surface area contributed by atoms with E-state index in [0.29, 0.717) is 6.54 Å². The van der Waals surface area contributed by atoms with Crippen molar-refractivity contribution in [2.75, 3.05) is 45.3 Å². The number of ether oxygens (including phenoxy) is 1. The summed E-state index contributed by atoms with van der Waals surface area (Å²) in [4.78, 5) is 7.26. The Morgan fingerprint density at radius 2 is 2.00 bits per heavy atom. The van der Waals surface area contributed by atoms with Crippen molar-refractivity contribution in [1.82, 2.24) is 10.2 Å². The van der Waals surface area contributed by atoms with Crippen LogP contribution in [0.15, 0.2) is 41.0 Å². The van der Waals surface area contributed by atoms with Gasteiger partial charge in [-0.25, -0.2) is 0 Å². The first-order valence-corrected chi connectivity index (χ1v) is 10.1. The molecule has 0 bridgehead atoms. The van der Waals surface area contributed by atoms with E-state index in [1.54, 1.807) is 0 Å². The van der Waals surface area contributed by atoms with Crippen molar-refractivity contribution in [3.05, 3.63) is 41.6 Å². The summed E-state index contributed by atoms with van der Waals surface area (Å²) >= 11 is 1.93. The summed E-state index contributed by atoms with van der Waals surface area (Å²) < 4.78 is 5.76. The predicted octanol–water partition coefficient (Wildman–Crippen LogP) is 2.50. The van der Waals surface area contributed by atoms with Crippen molar-refractivity contribution in [2.45, 2.75) is 24.1 Å². The minimum Gasteiger partial charge on any atom is -0.399 e. The Morgan fingerprint density at radius 3 is 2.56 bits per heavy atom. The van der Waals surface area contributed by atoms with E-state index in [2.05, 4.69) is 22.5 Å². The van der Waals surface area contributed by atoms with Crippen molar-refractivity contribution in [1.29, 1.82) is 0 Å². The SMILES string of the molecule is CN/C(=C\C(=NCc1ccc(N)cc1)N1CCOCC1)C1(SC)CC1. The lowest BCUT2D eigenvalue weighted by molar-refractivity contribution is 0.0683. The van der Waals surface area contributed by atoms with Crippen LogP contribution in [-0.4, -0.2) is 55.1 Å². The summed E-state index contributed by atoms with van der Waals surface area (Å²) in [6, 6.07) is 7.95. The van der Waals surface area contributed by atoms with Crippen LogP contribution >= 0.6 is 11.8 Å². The monoisotopic (exact) mass is 360 g/mol. The number of nitrogens with one attached hydrogen (secondary N) is 1. The number of hydrogen-bond donors (Lipinski definition) is 2. The van der Waals surface area contributed by atoms with Crippen molar-refractivity contribution in [3.8, 4) is 0 Å². The van der Waals surface area contributed by atoms with Gasteiger partial charge in [-0.3, -0.25) is 4.99 Å². The Bertz CT molecular complexity index is 631. The summed E-state index contributed by atoms with van der Waals surface area (Å²) in [6.45, 7) is 3.96. The Hall–Kier alpha value is -1.66. The highest BCUT2D eigenvalue weighted by Crippen LogP contribution is 2.51. The molecule has 0 radical (unpaired) electrons. The van der Waals surface area contributed by atoms with Gasteiger partial charge in [0, 0.05) is 37.6 Å². The van der Waals surface area contributed by atoms with Gasteiger partial charge in [0.15, 0.2) is 0 Å². The van der Waals surface area contributed by atoms with E-state index in [-0.39, 0.29) is 4.75 Å². The smallest absolute Gasteiger partial charge is 0.125 e. The minimum atomic E-state index is 0.253. The first kappa shape index (κ1) is 18.1. The third kappa shape index (κ3) is 4.50. The molecule has 136 valence electrons. The summed E-state index contributed by atoms with van der Waals surface area (Å²) in [5.41, 5.74) is 9.01. The van der Waals surface area contributed by atoms with Gasteiger partial charge in [0.2, 0.25) is 0 Å². The average molecular weight is 361 g/mol. The number of nitrogens with zero attached hydrogens (tertiary/aromatic N) is 2. The molecule has 1 saturated heterocycles. The molecule has 3 rings (SSSR count). The van der Waals surface area contributed by atoms with E-state index < -0.39 is 0 Å². The molecular formula is C19H28N4OS. The summed E-state index contributed by atoms with van der Waals surface area (Å²) in [5.74, 6) is 1.05. The Labute approximate surface area is 154 Å². The van der Waals surface area contributed by atoms with Gasteiger partial charge < -0.3 is 20.7 Å². The molecule has 6 heteroatoms. The van der Waals surface area contributed by atoms with E-state index >= 15 is 0 Å². The molecule has 1 saturated carbocycles. The summed E-state index contributed by atoms with van der Waals surface area (Å²) in [7, 11) is 2.01. The zero-order chi connectivity index (χ0) is 17.7. The van der Waals surface area contributed by atoms with Crippen LogP contribution in [0.3, 0.4) is 0 Å². The number of nitrogens with two attached hydrogens (primary N) is 1. The van der Waals surface area contributed by atoms with Gasteiger partial charge in [0.25, 0.3) is 0 Å². The number of rotatable bonds is 6. The molecule has 0 unspecified atom stereocenters. The molecule has 0 atom stereocenters. The van der Waals surface area contributed by atoms with Crippen LogP contribution in [-0.2, 0) is 11.3 Å². The molecule has 25 heavy (non-hydrogen) atoms. The largest absolute Gasteiger partial charge is 0.399 e. The van der Waals surface area contributed by atoms with Crippen LogP contribution in [0.5, 0.6) is 0 Å². The minimum absolute atomic E-state index is 0.253. The van der Waals surface area contributed by atoms with Crippen molar-refractivity contribution < 1.29 is 4.74 Å². The molecule has 0 spiro atoms. The molecule has 5 nitrogen and oxygen atoms in total. The third-order valence-corrected chi connectivity index (χ3v) is 6.28. The van der Waals surface area contributed by atoms with E-state index in [1.807, 2.05) is 43.1 Å². The quantitative estimate of drug-likeness (QED) is 0.464. The lowest BCUT2D eigenvalue weighted by Gasteiger charge is -2.30. The normalized spacial score (nSPS) is 20.5. The van der Waals surface area contributed by atoms with E-state index in [1.165, 1.54) is 24.1 Å². The summed E-state index contributed by atoms with van der Waals surface area (Å²) in [5, 5.41) is 3.42. The highest BCUT2D eigenvalue weighted by atomic mass is 32.2. The second kappa shape index (κ2) is 8.15. The fourth-order valence-electron chi connectivity index (χ4n) is 3.08. The van der Waals surface area contributed by atoms with Gasteiger partial charge in [-0.2, -0.15) is 11.8 Å². The van der Waals surface area contributed by atoms with Gasteiger partial charge >= 0.3 is 0 Å². The fraction of sp³-hybridized carbons (Fsp3) is 0.526. The molecule has 0 amide bonds. The standard InChI is InChI=1S/C19H28N4OS/c1-21-17(19(25-2)7-8-19)13-18(23-9-11-24-12-10-23)22-14-15-3-5-16(20)6-4-15/h3-6,13,21H,7-12,14,20H2,1-2H3/b17-13-,22-18?. The van der Waals surface area contributed by atoms with Crippen LogP contribution in [0, 0.1) is 0 Å². The number of aliphatic imine (C=N–C) groups is 1. The number of amidine groups is 1. The fourth-order valence-corrected chi connectivity index (χ4v) is 3.97. The zero-order valence-corrected chi connectivity index (χ0v) is 15.9. The highest BCUT2D eigenvalue weighted by Gasteiger charge is 2.45. The van der Waals surface area contributed by atoms with E-state index in [4.69, 9.17) is 15.5 Å². The zero-order valence-electron chi connectivity index (χ0n) is 15.1. The maximum absolute atomic E-state index is 5.78. The molecule has 3 N–H and O–H groups in total. The molecule has 1 aromatic carbocycles. The van der Waals surface area contributed by atoms with Crippen LogP contribution < -0.4 is 11.1 Å². The molecular weight excluding hydrogens is 332 g/mol. The van der Waals surface area contributed by atoms with Gasteiger partial charge in [0.1, 0.15) is 5.84 Å². The lowest BCUT2D eigenvalue weighted by Crippen LogP contribution is -2.40. The molecule has 2 fully saturated rings. The van der Waals surface area contributed by atoms with Gasteiger partial charge in [-0.1, -0.05) is 12.1 Å². The number of thioether (sulfide) groups is 1. The number of hydrogen-bond acceptors (Lipinski definition) is 5. The van der Waals surface area contributed by atoms with Gasteiger partial charge in [-0.05, 0) is 36.8 Å². The van der Waals surface area contributed by atoms with Crippen molar-refractivity contribution in [2.24, 2.45) is 4.99 Å². The Kier molecular flexibility index (Phi) is 5.91. The van der Waals surface area contributed by atoms with Crippen LogP contribution in [0.1, 0.15) is 18.4 Å². The Morgan fingerprint density at radius 1 is 1.32 bits per heavy atom. The maximum atomic E-state index is 5.78. The summed E-state index contributed by atoms with van der Waals surface area (Å²) in [6.07, 6.45) is 6.90. The molecule has 1 heterocycles. The van der Waals surface area contributed by atoms with E-state index in [0.717, 1.165) is 37.8 Å². The highest BCUT2D eigenvalue weighted by molar-refractivity contribution is 8.00. The number of anilines is 1. The topological polar surface area (TPSA) is 62.9 Å². The number of benzene rings is 1. The first-order chi connectivity index (χ1) is 12.2. The maximum Gasteiger partial charge on any atom is 0.125 e. The molecule has 2 aliphatic rings. The molecule has 1 aliphatic carbocycles. The van der Waals surface area contributed by atoms with Crippen LogP contribution in [0.4, 0.5) is 5.69 Å². The Balaban J connectivity index is 1.83. The van der Waals surface area contributed by atoms with Crippen LogP contribution in [0.25, 0.3) is 0 Å². The van der Waals surface area contributed by atoms with Crippen LogP contribution in [0.2, 0.25) is 0 Å². The van der Waals surface area contributed by atoms with Gasteiger partial charge in [-0.15, -0.1) is 0 Å². The third-order valence-electron chi connectivity index (χ3n) is 4.87. The second-order valence-electron chi connectivity index (χ2n) is 6.52. The number of nitrogen functional groups attached to an aromatic ring is 1. The molecule has 1 aliphatic heterocycles. The average Bonchev–Trinajstić information content (AvgIpc) is 3.45. The predicted molar refractivity (Wildman–Crippen MR) is 107 cm³/mol. The molecule has 1 aromatic rings. The first-order valence-electron chi connectivity index (χ1n) is 8.83. The van der Waals surface area contributed by atoms with E-state index in [9.17, 15) is 0 Å². The molecule has 0 aromatic heterocycles.